The van der Waals surface area contributed by atoms with Gasteiger partial charge in [0.2, 0.25) is 5.91 Å². The number of hydrogen-bond donors (Lipinski definition) is 1. The van der Waals surface area contributed by atoms with Crippen molar-refractivity contribution in [2.45, 2.75) is 26.4 Å². The summed E-state index contributed by atoms with van der Waals surface area (Å²) < 4.78 is 4.74. The lowest BCUT2D eigenvalue weighted by molar-refractivity contribution is -0.121. The third-order valence-electron chi connectivity index (χ3n) is 2.73. The molecule has 2 rings (SSSR count). The van der Waals surface area contributed by atoms with Crippen LogP contribution in [0.5, 0.6) is 0 Å². The quantitative estimate of drug-likeness (QED) is 0.612. The highest BCUT2D eigenvalue weighted by atomic mass is 127. The van der Waals surface area contributed by atoms with E-state index in [1.807, 2.05) is 19.3 Å². The lowest BCUT2D eigenvalue weighted by atomic mass is 10.4. The van der Waals surface area contributed by atoms with Crippen LogP contribution in [0, 0.1) is 10.5 Å². The summed E-state index contributed by atoms with van der Waals surface area (Å²) in [7, 11) is 0. The van der Waals surface area contributed by atoms with E-state index >= 15 is 0 Å². The average molecular weight is 373 g/mol. The number of halogens is 1. The normalized spacial score (nSPS) is 10.6. The predicted molar refractivity (Wildman–Crippen MR) is 79.5 cm³/mol. The van der Waals surface area contributed by atoms with E-state index in [1.54, 1.807) is 17.1 Å². The number of nitrogens with zero attached hydrogens (tertiary/aromatic N) is 4. The minimum Gasteiger partial charge on any atom is -0.354 e. The zero-order valence-electron chi connectivity index (χ0n) is 10.7. The van der Waals surface area contributed by atoms with Gasteiger partial charge in [0.1, 0.15) is 12.4 Å². The Morgan fingerprint density at radius 2 is 2.37 bits per heavy atom. The first-order chi connectivity index (χ1) is 9.15. The van der Waals surface area contributed by atoms with Gasteiger partial charge in [0.15, 0.2) is 0 Å². The van der Waals surface area contributed by atoms with Crippen LogP contribution in [0.15, 0.2) is 24.8 Å². The standard InChI is InChI=1S/C12H16IN5O/c1-10-14-4-6-17(10)5-2-3-15-12(19)9-18-8-11(13)7-16-18/h4,6-8H,2-3,5,9H2,1H3,(H,15,19). The zero-order chi connectivity index (χ0) is 13.7. The molecule has 7 heteroatoms. The molecule has 0 spiro atoms. The molecule has 0 bridgehead atoms. The van der Waals surface area contributed by atoms with Crippen LogP contribution in [0.25, 0.3) is 0 Å². The monoisotopic (exact) mass is 373 g/mol. The smallest absolute Gasteiger partial charge is 0.241 e. The first kappa shape index (κ1) is 14.0. The van der Waals surface area contributed by atoms with Crippen LogP contribution in [-0.4, -0.2) is 31.8 Å². The van der Waals surface area contributed by atoms with E-state index in [-0.39, 0.29) is 12.5 Å². The molecule has 0 aliphatic rings. The van der Waals surface area contributed by atoms with Crippen molar-refractivity contribution in [2.24, 2.45) is 0 Å². The fourth-order valence-corrected chi connectivity index (χ4v) is 2.19. The molecule has 0 aliphatic heterocycles. The van der Waals surface area contributed by atoms with Gasteiger partial charge in [-0.1, -0.05) is 0 Å². The Bertz CT molecular complexity index is 548. The Labute approximate surface area is 125 Å². The first-order valence-electron chi connectivity index (χ1n) is 6.07. The maximum atomic E-state index is 11.7. The van der Waals surface area contributed by atoms with E-state index in [9.17, 15) is 4.79 Å². The molecule has 0 saturated carbocycles. The Morgan fingerprint density at radius 3 is 3.00 bits per heavy atom. The van der Waals surface area contributed by atoms with Gasteiger partial charge in [-0.25, -0.2) is 4.98 Å². The zero-order valence-corrected chi connectivity index (χ0v) is 12.9. The molecular formula is C12H16IN5O. The number of aryl methyl sites for hydroxylation is 2. The van der Waals surface area contributed by atoms with Gasteiger partial charge in [-0.3, -0.25) is 9.48 Å². The third kappa shape index (κ3) is 4.34. The van der Waals surface area contributed by atoms with Gasteiger partial charge in [-0.05, 0) is 35.9 Å². The van der Waals surface area contributed by atoms with Gasteiger partial charge in [-0.15, -0.1) is 0 Å². The molecule has 0 unspecified atom stereocenters. The fourth-order valence-electron chi connectivity index (χ4n) is 1.75. The molecule has 19 heavy (non-hydrogen) atoms. The largest absolute Gasteiger partial charge is 0.354 e. The van der Waals surface area contributed by atoms with E-state index < -0.39 is 0 Å². The van der Waals surface area contributed by atoms with Crippen molar-refractivity contribution in [1.82, 2.24) is 24.6 Å². The van der Waals surface area contributed by atoms with E-state index in [0.29, 0.717) is 6.54 Å². The second kappa shape index (κ2) is 6.69. The van der Waals surface area contributed by atoms with E-state index in [1.165, 1.54) is 0 Å². The summed E-state index contributed by atoms with van der Waals surface area (Å²) in [6.45, 7) is 3.77. The van der Waals surface area contributed by atoms with Crippen molar-refractivity contribution in [2.75, 3.05) is 6.54 Å². The number of nitrogens with one attached hydrogen (secondary N) is 1. The minimum atomic E-state index is -0.0122. The molecule has 2 aromatic rings. The van der Waals surface area contributed by atoms with Gasteiger partial charge in [-0.2, -0.15) is 5.10 Å². The number of rotatable bonds is 6. The number of aromatic nitrogens is 4. The maximum absolute atomic E-state index is 11.7. The molecule has 0 atom stereocenters. The van der Waals surface area contributed by atoms with Gasteiger partial charge in [0, 0.05) is 31.7 Å². The number of carbonyl (C=O) groups excluding carboxylic acids is 1. The summed E-state index contributed by atoms with van der Waals surface area (Å²) in [5.41, 5.74) is 0. The summed E-state index contributed by atoms with van der Waals surface area (Å²) >= 11 is 2.17. The summed E-state index contributed by atoms with van der Waals surface area (Å²) in [6.07, 6.45) is 8.19. The molecule has 0 radical (unpaired) electrons. The summed E-state index contributed by atoms with van der Waals surface area (Å²) in [5.74, 6) is 0.985. The van der Waals surface area contributed by atoms with Crippen LogP contribution in [0.3, 0.4) is 0 Å². The molecule has 6 nitrogen and oxygen atoms in total. The maximum Gasteiger partial charge on any atom is 0.241 e. The van der Waals surface area contributed by atoms with Crippen molar-refractivity contribution >= 4 is 28.5 Å². The van der Waals surface area contributed by atoms with Crippen molar-refractivity contribution < 1.29 is 4.79 Å². The van der Waals surface area contributed by atoms with Crippen molar-refractivity contribution in [3.8, 4) is 0 Å². The Balaban J connectivity index is 1.65. The van der Waals surface area contributed by atoms with Crippen LogP contribution >= 0.6 is 22.6 Å². The minimum absolute atomic E-state index is 0.0122. The molecule has 1 amide bonds. The molecule has 0 saturated heterocycles. The summed E-state index contributed by atoms with van der Waals surface area (Å²) in [5, 5.41) is 6.96. The van der Waals surface area contributed by atoms with Crippen LogP contribution in [0.4, 0.5) is 0 Å². The summed E-state index contributed by atoms with van der Waals surface area (Å²) in [6, 6.07) is 0. The van der Waals surface area contributed by atoms with Gasteiger partial charge in [0.05, 0.1) is 9.77 Å². The second-order valence-electron chi connectivity index (χ2n) is 4.23. The van der Waals surface area contributed by atoms with Gasteiger partial charge < -0.3 is 9.88 Å². The molecule has 1 N–H and O–H groups in total. The molecule has 102 valence electrons. The lowest BCUT2D eigenvalue weighted by Gasteiger charge is -2.07. The Kier molecular flexibility index (Phi) is 4.94. The average Bonchev–Trinajstić information content (AvgIpc) is 2.94. The number of hydrogen-bond acceptors (Lipinski definition) is 3. The molecule has 2 aromatic heterocycles. The second-order valence-corrected chi connectivity index (χ2v) is 5.47. The molecule has 2 heterocycles. The number of carbonyl (C=O) groups is 1. The van der Waals surface area contributed by atoms with E-state index in [2.05, 4.69) is 42.6 Å². The highest BCUT2D eigenvalue weighted by Gasteiger charge is 2.03. The molecule has 0 aromatic carbocycles. The number of amides is 1. The van der Waals surface area contributed by atoms with Crippen molar-refractivity contribution in [3.05, 3.63) is 34.2 Å². The highest BCUT2D eigenvalue weighted by Crippen LogP contribution is 2.00. The fraction of sp³-hybridized carbons (Fsp3) is 0.417. The Hall–Kier alpha value is -1.38. The SMILES string of the molecule is Cc1nccn1CCCNC(=O)Cn1cc(I)cn1. The van der Waals surface area contributed by atoms with Gasteiger partial charge >= 0.3 is 0 Å². The van der Waals surface area contributed by atoms with Crippen molar-refractivity contribution in [1.29, 1.82) is 0 Å². The molecule has 0 aliphatic carbocycles. The van der Waals surface area contributed by atoms with Crippen LogP contribution < -0.4 is 5.32 Å². The number of imidazole rings is 1. The van der Waals surface area contributed by atoms with E-state index in [4.69, 9.17) is 0 Å². The van der Waals surface area contributed by atoms with Crippen LogP contribution in [0.1, 0.15) is 12.2 Å². The van der Waals surface area contributed by atoms with E-state index in [0.717, 1.165) is 22.4 Å². The topological polar surface area (TPSA) is 64.7 Å². The Morgan fingerprint density at radius 1 is 1.53 bits per heavy atom. The lowest BCUT2D eigenvalue weighted by Crippen LogP contribution is -2.29. The molecular weight excluding hydrogens is 357 g/mol. The van der Waals surface area contributed by atoms with Crippen LogP contribution in [0.2, 0.25) is 0 Å². The third-order valence-corrected chi connectivity index (χ3v) is 3.29. The predicted octanol–water partition coefficient (Wildman–Crippen LogP) is 1.20. The summed E-state index contributed by atoms with van der Waals surface area (Å²) in [4.78, 5) is 15.8. The van der Waals surface area contributed by atoms with Crippen LogP contribution in [-0.2, 0) is 17.9 Å². The highest BCUT2D eigenvalue weighted by molar-refractivity contribution is 14.1. The van der Waals surface area contributed by atoms with Gasteiger partial charge in [0.25, 0.3) is 0 Å². The molecule has 0 fully saturated rings. The first-order valence-corrected chi connectivity index (χ1v) is 7.15. The van der Waals surface area contributed by atoms with Crippen molar-refractivity contribution in [3.63, 3.8) is 0 Å².